The fourth-order valence-corrected chi connectivity index (χ4v) is 5.52. The predicted octanol–water partition coefficient (Wildman–Crippen LogP) is -0.398. The zero-order chi connectivity index (χ0) is 37.2. The number of hydrogen-bond donors (Lipinski definition) is 0. The monoisotopic (exact) mass is 706 g/mol. The third-order valence-electron chi connectivity index (χ3n) is 7.04. The first-order chi connectivity index (χ1) is 22.8. The lowest BCUT2D eigenvalue weighted by Gasteiger charge is -2.52. The van der Waals surface area contributed by atoms with Crippen molar-refractivity contribution >= 4 is 47.8 Å². The highest BCUT2D eigenvalue weighted by atomic mass is 16.8. The lowest BCUT2D eigenvalue weighted by molar-refractivity contribution is -0.372. The average Bonchev–Trinajstić information content (AvgIpc) is 2.95. The topological polar surface area (TPSA) is 238 Å². The molecule has 2 fully saturated rings. The fourth-order valence-electron chi connectivity index (χ4n) is 5.52. The van der Waals surface area contributed by atoms with Crippen molar-refractivity contribution in [2.75, 3.05) is 20.3 Å². The van der Waals surface area contributed by atoms with Gasteiger partial charge in [0.25, 0.3) is 0 Å². The maximum atomic E-state index is 12.5. The van der Waals surface area contributed by atoms with Gasteiger partial charge in [0.05, 0.1) is 0 Å². The molecule has 0 aromatic heterocycles. The van der Waals surface area contributed by atoms with Gasteiger partial charge in [-0.05, 0) is 0 Å². The van der Waals surface area contributed by atoms with Gasteiger partial charge in [-0.2, -0.15) is 0 Å². The molecule has 2 aliphatic heterocycles. The van der Waals surface area contributed by atoms with Crippen LogP contribution in [0.1, 0.15) is 61.8 Å². The van der Waals surface area contributed by atoms with Gasteiger partial charge in [-0.25, -0.2) is 0 Å². The van der Waals surface area contributed by atoms with E-state index in [1.165, 1.54) is 0 Å². The third kappa shape index (κ3) is 11.6. The van der Waals surface area contributed by atoms with Crippen molar-refractivity contribution in [3.05, 3.63) is 0 Å². The van der Waals surface area contributed by atoms with E-state index in [-0.39, 0.29) is 0 Å². The number of carbonyl (C=O) groups is 8. The van der Waals surface area contributed by atoms with E-state index in [4.69, 9.17) is 52.1 Å². The van der Waals surface area contributed by atoms with Gasteiger partial charge >= 0.3 is 47.8 Å². The average molecular weight is 707 g/mol. The first kappa shape index (κ1) is 40.8. The second-order valence-electron chi connectivity index (χ2n) is 11.1. The van der Waals surface area contributed by atoms with Crippen molar-refractivity contribution in [1.82, 2.24) is 0 Å². The SMILES string of the molecule is CO[C@@]1(C[C@@H]2O[C@H](COC(C)=O)[C@@H](OC(C)=O)[C@H](OC(C)=O)[C@H]2OC(C)=O)O[C@H](COC(C)=O)[C@@H](OC(C)=O)[C@H](OC(C)=O)[C@H]1OC(C)=O. The Kier molecular flexibility index (Phi) is 14.9. The predicted molar refractivity (Wildman–Crippen MR) is 154 cm³/mol. The van der Waals surface area contributed by atoms with E-state index in [1.54, 1.807) is 0 Å². The standard InChI is InChI=1S/C30H42O19/c1-13(31)40-11-22-25(43-16(4)34)27(45-18(6)36)24(42-15(3)33)21(48-22)10-30(39-9)29(47-20(8)38)28(46-19(7)37)26(44-17(5)35)23(49-30)12-41-14(2)32/h21-29H,10-12H2,1-9H3/t21-,22+,23+,24-,25+,26+,27+,28-,29+,30-/m0/s1. The molecule has 19 heteroatoms. The van der Waals surface area contributed by atoms with E-state index in [0.717, 1.165) is 62.5 Å². The largest absolute Gasteiger partial charge is 0.463 e. The van der Waals surface area contributed by atoms with Gasteiger partial charge in [0.1, 0.15) is 31.5 Å². The molecule has 0 N–H and O–H groups in total. The Morgan fingerprint density at radius 1 is 0.469 bits per heavy atom. The molecule has 0 aliphatic carbocycles. The van der Waals surface area contributed by atoms with Crippen molar-refractivity contribution in [1.29, 1.82) is 0 Å². The van der Waals surface area contributed by atoms with E-state index in [9.17, 15) is 38.4 Å². The van der Waals surface area contributed by atoms with Gasteiger partial charge in [-0.1, -0.05) is 0 Å². The number of ether oxygens (including phenoxy) is 11. The molecule has 19 nitrogen and oxygen atoms in total. The smallest absolute Gasteiger partial charge is 0.303 e. The Balaban J connectivity index is 2.83. The second-order valence-corrected chi connectivity index (χ2v) is 11.1. The van der Waals surface area contributed by atoms with Crippen molar-refractivity contribution in [2.24, 2.45) is 0 Å². The van der Waals surface area contributed by atoms with Crippen LogP contribution in [-0.2, 0) is 90.5 Å². The first-order valence-corrected chi connectivity index (χ1v) is 15.0. The Labute approximate surface area is 281 Å². The number of methoxy groups -OCH3 is 1. The van der Waals surface area contributed by atoms with E-state index >= 15 is 0 Å². The highest BCUT2D eigenvalue weighted by Gasteiger charge is 2.63. The third-order valence-corrected chi connectivity index (χ3v) is 7.04. The summed E-state index contributed by atoms with van der Waals surface area (Å²) in [5.41, 5.74) is 0. The minimum atomic E-state index is -2.27. The summed E-state index contributed by atoms with van der Waals surface area (Å²) < 4.78 is 61.5. The number of rotatable bonds is 13. The summed E-state index contributed by atoms with van der Waals surface area (Å²) in [4.78, 5) is 97.4. The van der Waals surface area contributed by atoms with Gasteiger partial charge in [0.2, 0.25) is 5.79 Å². The Morgan fingerprint density at radius 3 is 1.24 bits per heavy atom. The molecule has 2 rings (SSSR count). The highest BCUT2D eigenvalue weighted by molar-refractivity contribution is 5.70. The molecule has 2 saturated heterocycles. The minimum absolute atomic E-state index is 0.553. The molecular weight excluding hydrogens is 664 g/mol. The molecule has 0 saturated carbocycles. The van der Waals surface area contributed by atoms with Crippen LogP contribution in [0, 0.1) is 0 Å². The highest BCUT2D eigenvalue weighted by Crippen LogP contribution is 2.42. The second kappa shape index (κ2) is 17.9. The van der Waals surface area contributed by atoms with Crippen molar-refractivity contribution in [3.8, 4) is 0 Å². The van der Waals surface area contributed by atoms with Gasteiger partial charge in [0.15, 0.2) is 36.6 Å². The Hall–Kier alpha value is -4.36. The summed E-state index contributed by atoms with van der Waals surface area (Å²) in [5.74, 6) is -9.14. The van der Waals surface area contributed by atoms with E-state index in [1.807, 2.05) is 0 Å². The molecule has 49 heavy (non-hydrogen) atoms. The van der Waals surface area contributed by atoms with Gasteiger partial charge < -0.3 is 52.1 Å². The molecule has 0 radical (unpaired) electrons. The Morgan fingerprint density at radius 2 is 0.837 bits per heavy atom. The van der Waals surface area contributed by atoms with Crippen LogP contribution in [0.3, 0.4) is 0 Å². The van der Waals surface area contributed by atoms with Crippen LogP contribution in [0.5, 0.6) is 0 Å². The number of carbonyl (C=O) groups excluding carboxylic acids is 8. The van der Waals surface area contributed by atoms with Crippen LogP contribution in [0.4, 0.5) is 0 Å². The molecule has 10 atom stereocenters. The summed E-state index contributed by atoms with van der Waals surface area (Å²) >= 11 is 0. The zero-order valence-corrected chi connectivity index (χ0v) is 28.6. The van der Waals surface area contributed by atoms with E-state index < -0.39 is 128 Å². The zero-order valence-electron chi connectivity index (χ0n) is 28.6. The lowest BCUT2D eigenvalue weighted by Crippen LogP contribution is -2.71. The van der Waals surface area contributed by atoms with E-state index in [2.05, 4.69) is 0 Å². The van der Waals surface area contributed by atoms with Crippen molar-refractivity contribution < 1.29 is 90.5 Å². The molecular formula is C30H42O19. The molecule has 276 valence electrons. The first-order valence-electron chi connectivity index (χ1n) is 15.0. The van der Waals surface area contributed by atoms with E-state index in [0.29, 0.717) is 0 Å². The maximum absolute atomic E-state index is 12.5. The van der Waals surface area contributed by atoms with Crippen LogP contribution in [0.25, 0.3) is 0 Å². The summed E-state index contributed by atoms with van der Waals surface area (Å²) in [5, 5.41) is 0. The van der Waals surface area contributed by atoms with Crippen LogP contribution >= 0.6 is 0 Å². The van der Waals surface area contributed by atoms with Crippen LogP contribution in [0.2, 0.25) is 0 Å². The van der Waals surface area contributed by atoms with Crippen molar-refractivity contribution in [3.63, 3.8) is 0 Å². The summed E-state index contributed by atoms with van der Waals surface area (Å²) in [6, 6.07) is 0. The maximum Gasteiger partial charge on any atom is 0.303 e. The molecule has 0 aromatic rings. The van der Waals surface area contributed by atoms with Crippen LogP contribution < -0.4 is 0 Å². The Bertz CT molecular complexity index is 1260. The molecule has 2 heterocycles. The summed E-state index contributed by atoms with van der Waals surface area (Å²) in [7, 11) is 1.11. The number of esters is 8. The molecule has 0 bridgehead atoms. The van der Waals surface area contributed by atoms with Crippen LogP contribution in [0.15, 0.2) is 0 Å². The number of hydrogen-bond acceptors (Lipinski definition) is 19. The molecule has 0 spiro atoms. The van der Waals surface area contributed by atoms with Gasteiger partial charge in [0, 0.05) is 68.9 Å². The van der Waals surface area contributed by atoms with Crippen molar-refractivity contribution in [2.45, 2.75) is 123 Å². The van der Waals surface area contributed by atoms with Crippen LogP contribution in [-0.4, -0.2) is 129 Å². The quantitative estimate of drug-likeness (QED) is 0.175. The lowest BCUT2D eigenvalue weighted by atomic mass is 9.84. The summed E-state index contributed by atoms with van der Waals surface area (Å²) in [6.45, 7) is 7.27. The molecule has 2 aliphatic rings. The molecule has 0 unspecified atom stereocenters. The van der Waals surface area contributed by atoms with Gasteiger partial charge in [-0.15, -0.1) is 0 Å². The molecule has 0 aromatic carbocycles. The molecule has 0 amide bonds. The minimum Gasteiger partial charge on any atom is -0.463 e. The van der Waals surface area contributed by atoms with Gasteiger partial charge in [-0.3, -0.25) is 38.4 Å². The normalized spacial score (nSPS) is 30.8. The summed E-state index contributed by atoms with van der Waals surface area (Å²) in [6.07, 6.45) is -14.6. The fraction of sp³-hybridized carbons (Fsp3) is 0.733.